The highest BCUT2D eigenvalue weighted by molar-refractivity contribution is 6.00. The van der Waals surface area contributed by atoms with Crippen LogP contribution in [0.2, 0.25) is 0 Å². The molecule has 2 nitrogen and oxygen atoms in total. The smallest absolute Gasteiger partial charge is 0.153 e. The van der Waals surface area contributed by atoms with E-state index in [0.29, 0.717) is 0 Å². The monoisotopic (exact) mass is 266 g/mol. The summed E-state index contributed by atoms with van der Waals surface area (Å²) in [6, 6.07) is 15.8. The van der Waals surface area contributed by atoms with Crippen LogP contribution < -0.4 is 4.74 Å². The third-order valence-electron chi connectivity index (χ3n) is 3.18. The topological polar surface area (TPSA) is 26.3 Å². The molecule has 0 saturated heterocycles. The van der Waals surface area contributed by atoms with Crippen molar-refractivity contribution >= 4 is 11.4 Å². The van der Waals surface area contributed by atoms with Crippen LogP contribution in [-0.4, -0.2) is 12.9 Å². The van der Waals surface area contributed by atoms with Gasteiger partial charge in [-0.15, -0.1) is 0 Å². The summed E-state index contributed by atoms with van der Waals surface area (Å²) in [4.78, 5) is 11.6. The fraction of sp³-hybridized carbons (Fsp3) is 0.167. The summed E-state index contributed by atoms with van der Waals surface area (Å²) in [7, 11) is 1.64. The number of carbonyl (C=O) groups is 1. The lowest BCUT2D eigenvalue weighted by atomic mass is 9.93. The first-order valence-corrected chi connectivity index (χ1v) is 6.55. The summed E-state index contributed by atoms with van der Waals surface area (Å²) in [6.07, 6.45) is 1.67. The molecule has 0 unspecified atom stereocenters. The molecule has 0 saturated carbocycles. The van der Waals surface area contributed by atoms with Gasteiger partial charge in [0.05, 0.1) is 7.11 Å². The first-order chi connectivity index (χ1) is 9.63. The molecular formula is C18H18O2. The van der Waals surface area contributed by atoms with Crippen LogP contribution in [0.5, 0.6) is 5.75 Å². The molecule has 102 valence electrons. The number of carbonyl (C=O) groups excluding carboxylic acids is 1. The van der Waals surface area contributed by atoms with Gasteiger partial charge in [-0.05, 0) is 42.7 Å². The van der Waals surface area contributed by atoms with Crippen LogP contribution in [0.25, 0.3) is 5.57 Å². The fourth-order valence-electron chi connectivity index (χ4n) is 2.25. The second kappa shape index (κ2) is 6.20. The minimum atomic E-state index is 0.0224. The lowest BCUT2D eigenvalue weighted by Gasteiger charge is -2.14. The van der Waals surface area contributed by atoms with E-state index in [1.807, 2.05) is 55.5 Å². The van der Waals surface area contributed by atoms with Gasteiger partial charge >= 0.3 is 0 Å². The number of aryl methyl sites for hydroxylation is 1. The molecule has 0 aromatic heterocycles. The molecule has 0 heterocycles. The molecule has 20 heavy (non-hydrogen) atoms. The van der Waals surface area contributed by atoms with Crippen molar-refractivity contribution in [3.8, 4) is 5.75 Å². The predicted molar refractivity (Wildman–Crippen MR) is 81.9 cm³/mol. The lowest BCUT2D eigenvalue weighted by Crippen LogP contribution is -1.97. The third kappa shape index (κ3) is 2.97. The van der Waals surface area contributed by atoms with E-state index in [1.54, 1.807) is 20.1 Å². The van der Waals surface area contributed by atoms with Crippen LogP contribution in [0.4, 0.5) is 0 Å². The fourth-order valence-corrected chi connectivity index (χ4v) is 2.25. The van der Waals surface area contributed by atoms with E-state index < -0.39 is 0 Å². The Hall–Kier alpha value is -2.35. The number of ketones is 1. The molecule has 2 rings (SSSR count). The van der Waals surface area contributed by atoms with E-state index in [-0.39, 0.29) is 5.78 Å². The molecule has 2 aromatic carbocycles. The van der Waals surface area contributed by atoms with Crippen molar-refractivity contribution in [2.75, 3.05) is 7.11 Å². The van der Waals surface area contributed by atoms with E-state index >= 15 is 0 Å². The summed E-state index contributed by atoms with van der Waals surface area (Å²) in [6.45, 7) is 3.60. The van der Waals surface area contributed by atoms with Gasteiger partial charge in [0.2, 0.25) is 0 Å². The maximum Gasteiger partial charge on any atom is 0.153 e. The first-order valence-electron chi connectivity index (χ1n) is 6.55. The average molecular weight is 266 g/mol. The summed E-state index contributed by atoms with van der Waals surface area (Å²) in [5.41, 5.74) is 4.01. The number of benzene rings is 2. The molecule has 2 heteroatoms. The van der Waals surface area contributed by atoms with Crippen LogP contribution >= 0.6 is 0 Å². The largest absolute Gasteiger partial charge is 0.496 e. The number of ether oxygens (including phenoxy) is 1. The van der Waals surface area contributed by atoms with Gasteiger partial charge in [0.15, 0.2) is 5.78 Å². The number of hydrogen-bond donors (Lipinski definition) is 0. The van der Waals surface area contributed by atoms with Gasteiger partial charge in [0.25, 0.3) is 0 Å². The molecule has 0 aliphatic carbocycles. The van der Waals surface area contributed by atoms with Gasteiger partial charge in [-0.1, -0.05) is 42.5 Å². The van der Waals surface area contributed by atoms with Gasteiger partial charge < -0.3 is 4.74 Å². The Kier molecular flexibility index (Phi) is 4.36. The number of para-hydroxylation sites is 1. The van der Waals surface area contributed by atoms with Gasteiger partial charge in [-0.3, -0.25) is 4.79 Å². The molecule has 0 amide bonds. The van der Waals surface area contributed by atoms with Crippen molar-refractivity contribution in [2.24, 2.45) is 0 Å². The zero-order chi connectivity index (χ0) is 14.5. The van der Waals surface area contributed by atoms with Crippen molar-refractivity contribution in [2.45, 2.75) is 13.8 Å². The Labute approximate surface area is 119 Å². The molecule has 0 atom stereocenters. The highest BCUT2D eigenvalue weighted by Crippen LogP contribution is 2.32. The Bertz CT molecular complexity index is 654. The van der Waals surface area contributed by atoms with Gasteiger partial charge in [-0.25, -0.2) is 0 Å². The Balaban J connectivity index is 2.66. The molecule has 0 bridgehead atoms. The molecule has 0 radical (unpaired) electrons. The Morgan fingerprint density at radius 3 is 2.20 bits per heavy atom. The first kappa shape index (κ1) is 14.1. The van der Waals surface area contributed by atoms with Crippen molar-refractivity contribution in [3.63, 3.8) is 0 Å². The summed E-state index contributed by atoms with van der Waals surface area (Å²) in [5, 5.41) is 0. The maximum absolute atomic E-state index is 11.6. The van der Waals surface area contributed by atoms with Crippen molar-refractivity contribution in [1.29, 1.82) is 0 Å². The van der Waals surface area contributed by atoms with Crippen molar-refractivity contribution < 1.29 is 9.53 Å². The molecule has 0 N–H and O–H groups in total. The predicted octanol–water partition coefficient (Wildman–Crippen LogP) is 4.02. The zero-order valence-corrected chi connectivity index (χ0v) is 12.0. The van der Waals surface area contributed by atoms with Gasteiger partial charge in [0.1, 0.15) is 5.75 Å². The summed E-state index contributed by atoms with van der Waals surface area (Å²) < 4.78 is 5.42. The minimum Gasteiger partial charge on any atom is -0.496 e. The van der Waals surface area contributed by atoms with Gasteiger partial charge in [0, 0.05) is 5.56 Å². The van der Waals surface area contributed by atoms with Crippen LogP contribution in [-0.2, 0) is 4.79 Å². The van der Waals surface area contributed by atoms with E-state index in [1.165, 1.54) is 0 Å². The SMILES string of the molecule is COc1ccccc1/C(=C/C(C)=O)c1ccccc1C. The summed E-state index contributed by atoms with van der Waals surface area (Å²) in [5.74, 6) is 0.789. The molecular weight excluding hydrogens is 248 g/mol. The van der Waals surface area contributed by atoms with E-state index in [4.69, 9.17) is 4.74 Å². The average Bonchev–Trinajstić information content (AvgIpc) is 2.45. The third-order valence-corrected chi connectivity index (χ3v) is 3.18. The quantitative estimate of drug-likeness (QED) is 0.781. The minimum absolute atomic E-state index is 0.0224. The zero-order valence-electron chi connectivity index (χ0n) is 12.0. The highest BCUT2D eigenvalue weighted by atomic mass is 16.5. The van der Waals surface area contributed by atoms with Crippen LogP contribution in [0.3, 0.4) is 0 Å². The number of hydrogen-bond acceptors (Lipinski definition) is 2. The van der Waals surface area contributed by atoms with Gasteiger partial charge in [-0.2, -0.15) is 0 Å². The molecule has 0 spiro atoms. The number of methoxy groups -OCH3 is 1. The lowest BCUT2D eigenvalue weighted by molar-refractivity contribution is -0.112. The summed E-state index contributed by atoms with van der Waals surface area (Å²) >= 11 is 0. The van der Waals surface area contributed by atoms with E-state index in [9.17, 15) is 4.79 Å². The molecule has 0 fully saturated rings. The normalized spacial score (nSPS) is 11.2. The second-order valence-corrected chi connectivity index (χ2v) is 4.68. The number of allylic oxidation sites excluding steroid dienone is 1. The Morgan fingerprint density at radius 1 is 1.00 bits per heavy atom. The standard InChI is InChI=1S/C18H18O2/c1-13-8-4-5-9-15(13)17(12-14(2)19)16-10-6-7-11-18(16)20-3/h4-12H,1-3H3/b17-12+. The van der Waals surface area contributed by atoms with Crippen LogP contribution in [0.15, 0.2) is 54.6 Å². The molecule has 0 aliphatic heterocycles. The molecule has 0 aliphatic rings. The van der Waals surface area contributed by atoms with Crippen LogP contribution in [0.1, 0.15) is 23.6 Å². The molecule has 2 aromatic rings. The van der Waals surface area contributed by atoms with E-state index in [2.05, 4.69) is 0 Å². The highest BCUT2D eigenvalue weighted by Gasteiger charge is 2.12. The van der Waals surface area contributed by atoms with E-state index in [0.717, 1.165) is 28.0 Å². The maximum atomic E-state index is 11.6. The Morgan fingerprint density at radius 2 is 1.60 bits per heavy atom. The second-order valence-electron chi connectivity index (χ2n) is 4.68. The van der Waals surface area contributed by atoms with Crippen molar-refractivity contribution in [1.82, 2.24) is 0 Å². The van der Waals surface area contributed by atoms with Crippen molar-refractivity contribution in [3.05, 3.63) is 71.3 Å². The van der Waals surface area contributed by atoms with Crippen LogP contribution in [0, 0.1) is 6.92 Å². The number of rotatable bonds is 4.